The summed E-state index contributed by atoms with van der Waals surface area (Å²) in [5.41, 5.74) is 3.25. The Kier molecular flexibility index (Phi) is 7.20. The molecule has 176 valence electrons. The molecule has 0 saturated heterocycles. The zero-order valence-electron chi connectivity index (χ0n) is 19.2. The maximum atomic E-state index is 14.0. The molecule has 0 aliphatic rings. The van der Waals surface area contributed by atoms with Crippen LogP contribution in [0.1, 0.15) is 63.3 Å². The zero-order valence-corrected chi connectivity index (χ0v) is 19.2. The Hall–Kier alpha value is -3.22. The number of hydrogen-bond donors (Lipinski definition) is 1. The summed E-state index contributed by atoms with van der Waals surface area (Å²) in [6, 6.07) is 10.7. The molecule has 2 aromatic carbocycles. The van der Waals surface area contributed by atoms with Gasteiger partial charge in [0.15, 0.2) is 0 Å². The van der Waals surface area contributed by atoms with Crippen LogP contribution in [0.25, 0.3) is 27.7 Å². The van der Waals surface area contributed by atoms with Gasteiger partial charge < -0.3 is 14.3 Å². The second kappa shape index (κ2) is 9.73. The van der Waals surface area contributed by atoms with Gasteiger partial charge in [-0.2, -0.15) is 4.39 Å². The van der Waals surface area contributed by atoms with Crippen molar-refractivity contribution in [1.82, 2.24) is 0 Å². The second-order valence-corrected chi connectivity index (χ2v) is 8.58. The number of para-hydroxylation sites is 1. The average Bonchev–Trinajstić information content (AvgIpc) is 3.20. The SMILES string of the molecule is C/C(=C(\F)C(=O)O)c1cc2cccc(-c3cc(C(C)C)cc(C(C)C)c3OCC(F)F)c2o1. The van der Waals surface area contributed by atoms with E-state index in [1.165, 1.54) is 6.92 Å². The van der Waals surface area contributed by atoms with Crippen LogP contribution >= 0.6 is 0 Å². The third-order valence-electron chi connectivity index (χ3n) is 5.50. The Morgan fingerprint density at radius 2 is 1.76 bits per heavy atom. The summed E-state index contributed by atoms with van der Waals surface area (Å²) >= 11 is 0. The Balaban J connectivity index is 2.31. The quantitative estimate of drug-likeness (QED) is 0.349. The van der Waals surface area contributed by atoms with Gasteiger partial charge in [-0.25, -0.2) is 13.6 Å². The predicted octanol–water partition coefficient (Wildman–Crippen LogP) is 7.78. The minimum absolute atomic E-state index is 0.0105. The van der Waals surface area contributed by atoms with Gasteiger partial charge in [0.25, 0.3) is 6.43 Å². The number of halogens is 3. The van der Waals surface area contributed by atoms with E-state index < -0.39 is 24.8 Å². The minimum Gasteiger partial charge on any atom is -0.487 e. The first-order chi connectivity index (χ1) is 15.5. The highest BCUT2D eigenvalue weighted by Gasteiger charge is 2.22. The van der Waals surface area contributed by atoms with Gasteiger partial charge in [0.1, 0.15) is 23.7 Å². The molecule has 0 unspecified atom stereocenters. The van der Waals surface area contributed by atoms with Gasteiger partial charge in [-0.3, -0.25) is 0 Å². The molecule has 0 fully saturated rings. The van der Waals surface area contributed by atoms with E-state index in [0.717, 1.165) is 11.1 Å². The molecule has 0 radical (unpaired) electrons. The van der Waals surface area contributed by atoms with Crippen molar-refractivity contribution in [2.75, 3.05) is 6.61 Å². The molecule has 3 aromatic rings. The number of alkyl halides is 2. The third-order valence-corrected chi connectivity index (χ3v) is 5.50. The van der Waals surface area contributed by atoms with Crippen LogP contribution in [0.15, 0.2) is 46.6 Å². The first kappa shape index (κ1) is 24.4. The number of rotatable bonds is 8. The smallest absolute Gasteiger partial charge is 0.365 e. The van der Waals surface area contributed by atoms with Crippen LogP contribution in [0.4, 0.5) is 13.2 Å². The van der Waals surface area contributed by atoms with Crippen molar-refractivity contribution in [1.29, 1.82) is 0 Å². The van der Waals surface area contributed by atoms with Crippen molar-refractivity contribution in [3.05, 3.63) is 59.1 Å². The summed E-state index contributed by atoms with van der Waals surface area (Å²) in [6.07, 6.45) is -2.64. The number of hydrogen-bond acceptors (Lipinski definition) is 3. The average molecular weight is 460 g/mol. The van der Waals surface area contributed by atoms with E-state index in [4.69, 9.17) is 14.3 Å². The van der Waals surface area contributed by atoms with Gasteiger partial charge in [-0.05, 0) is 42.0 Å². The van der Waals surface area contributed by atoms with E-state index in [1.54, 1.807) is 24.3 Å². The van der Waals surface area contributed by atoms with Crippen molar-refractivity contribution >= 4 is 22.5 Å². The Labute approximate surface area is 190 Å². The van der Waals surface area contributed by atoms with Gasteiger partial charge in [0.05, 0.1) is 0 Å². The van der Waals surface area contributed by atoms with E-state index in [-0.39, 0.29) is 23.2 Å². The molecule has 3 rings (SSSR count). The number of carboxylic acid groups (broad SMARTS) is 1. The Bertz CT molecular complexity index is 1210. The summed E-state index contributed by atoms with van der Waals surface area (Å²) in [4.78, 5) is 11.0. The van der Waals surface area contributed by atoms with Crippen LogP contribution in [0.2, 0.25) is 0 Å². The van der Waals surface area contributed by atoms with Crippen molar-refractivity contribution in [3.63, 3.8) is 0 Å². The van der Waals surface area contributed by atoms with E-state index in [1.807, 2.05) is 39.8 Å². The second-order valence-electron chi connectivity index (χ2n) is 8.58. The fourth-order valence-corrected chi connectivity index (χ4v) is 3.67. The van der Waals surface area contributed by atoms with Crippen LogP contribution in [0, 0.1) is 0 Å². The minimum atomic E-state index is -2.64. The van der Waals surface area contributed by atoms with Crippen molar-refractivity contribution in [3.8, 4) is 16.9 Å². The summed E-state index contributed by atoms with van der Waals surface area (Å²) in [6.45, 7) is 8.58. The van der Waals surface area contributed by atoms with Gasteiger partial charge in [-0.1, -0.05) is 52.0 Å². The van der Waals surface area contributed by atoms with Crippen LogP contribution in [0.3, 0.4) is 0 Å². The van der Waals surface area contributed by atoms with Crippen LogP contribution in [0.5, 0.6) is 5.75 Å². The Morgan fingerprint density at radius 1 is 1.06 bits per heavy atom. The van der Waals surface area contributed by atoms with Gasteiger partial charge in [0, 0.05) is 22.1 Å². The molecule has 1 aromatic heterocycles. The predicted molar refractivity (Wildman–Crippen MR) is 123 cm³/mol. The number of furan rings is 1. The number of allylic oxidation sites excluding steroid dienone is 1. The molecule has 7 heteroatoms. The zero-order chi connectivity index (χ0) is 24.4. The van der Waals surface area contributed by atoms with E-state index in [2.05, 4.69) is 0 Å². The lowest BCUT2D eigenvalue weighted by Gasteiger charge is -2.21. The van der Waals surface area contributed by atoms with Crippen molar-refractivity contribution < 1.29 is 32.2 Å². The van der Waals surface area contributed by atoms with E-state index in [0.29, 0.717) is 27.8 Å². The number of ether oxygens (including phenoxy) is 1. The Morgan fingerprint density at radius 3 is 2.33 bits per heavy atom. The largest absolute Gasteiger partial charge is 0.487 e. The lowest BCUT2D eigenvalue weighted by atomic mass is 9.89. The summed E-state index contributed by atoms with van der Waals surface area (Å²) in [7, 11) is 0. The van der Waals surface area contributed by atoms with Gasteiger partial charge >= 0.3 is 5.97 Å². The monoisotopic (exact) mass is 460 g/mol. The lowest BCUT2D eigenvalue weighted by Crippen LogP contribution is -2.10. The van der Waals surface area contributed by atoms with Crippen LogP contribution < -0.4 is 4.74 Å². The number of benzene rings is 2. The van der Waals surface area contributed by atoms with Gasteiger partial charge in [-0.15, -0.1) is 0 Å². The van der Waals surface area contributed by atoms with Crippen LogP contribution in [-0.2, 0) is 4.79 Å². The van der Waals surface area contributed by atoms with Crippen LogP contribution in [-0.4, -0.2) is 24.1 Å². The molecule has 4 nitrogen and oxygen atoms in total. The molecule has 0 bridgehead atoms. The fourth-order valence-electron chi connectivity index (χ4n) is 3.67. The molecule has 0 spiro atoms. The lowest BCUT2D eigenvalue weighted by molar-refractivity contribution is -0.134. The molecule has 1 N–H and O–H groups in total. The summed E-state index contributed by atoms with van der Waals surface area (Å²) < 4.78 is 51.6. The topological polar surface area (TPSA) is 59.7 Å². The van der Waals surface area contributed by atoms with Gasteiger partial charge in [0.2, 0.25) is 5.83 Å². The molecule has 1 heterocycles. The first-order valence-electron chi connectivity index (χ1n) is 10.7. The molecule has 0 aliphatic carbocycles. The number of aliphatic carboxylic acids is 1. The number of carbonyl (C=O) groups is 1. The van der Waals surface area contributed by atoms with E-state index in [9.17, 15) is 18.0 Å². The summed E-state index contributed by atoms with van der Waals surface area (Å²) in [5.74, 6) is -2.37. The molecular weight excluding hydrogens is 433 g/mol. The van der Waals surface area contributed by atoms with Crippen molar-refractivity contribution in [2.24, 2.45) is 0 Å². The molecule has 0 amide bonds. The fraction of sp³-hybridized carbons (Fsp3) is 0.346. The highest BCUT2D eigenvalue weighted by atomic mass is 19.3. The molecule has 0 saturated carbocycles. The van der Waals surface area contributed by atoms with Crippen molar-refractivity contribution in [2.45, 2.75) is 52.9 Å². The maximum absolute atomic E-state index is 14.0. The normalized spacial score (nSPS) is 12.7. The molecular formula is C26H27F3O4. The van der Waals surface area contributed by atoms with E-state index >= 15 is 0 Å². The number of carboxylic acids is 1. The molecule has 33 heavy (non-hydrogen) atoms. The molecule has 0 atom stereocenters. The first-order valence-corrected chi connectivity index (χ1v) is 10.7. The highest BCUT2D eigenvalue weighted by molar-refractivity contribution is 5.98. The number of fused-ring (bicyclic) bond motifs is 1. The third kappa shape index (κ3) is 5.07. The molecule has 0 aliphatic heterocycles. The highest BCUT2D eigenvalue weighted by Crippen LogP contribution is 2.43. The maximum Gasteiger partial charge on any atom is 0.365 e. The summed E-state index contributed by atoms with van der Waals surface area (Å²) in [5, 5.41) is 9.60. The standard InChI is InChI=1S/C26H27F3O4/c1-13(2)17-9-19(14(3)4)25(32-12-22(27)28)20(10-17)18-8-6-7-16-11-21(33-24(16)18)15(5)23(29)26(30)31/h6-11,13-14,22H,12H2,1-5H3,(H,30,31)/b23-15+.